The third kappa shape index (κ3) is 3.86. The molecule has 1 aromatic heterocycles. The third-order valence-corrected chi connectivity index (χ3v) is 5.06. The van der Waals surface area contributed by atoms with Gasteiger partial charge in [0.1, 0.15) is 5.00 Å². The van der Waals surface area contributed by atoms with E-state index < -0.39 is 5.97 Å². The maximum atomic E-state index is 12.3. The zero-order valence-electron chi connectivity index (χ0n) is 12.5. The van der Waals surface area contributed by atoms with Gasteiger partial charge in [-0.1, -0.05) is 19.9 Å². The Kier molecular flexibility index (Phi) is 5.57. The molecule has 1 heterocycles. The minimum atomic E-state index is -0.443. The quantitative estimate of drug-likeness (QED) is 0.575. The van der Waals surface area contributed by atoms with E-state index in [2.05, 4.69) is 27.9 Å². The standard InChI is InChI=1S/C16H16INO3S/c1-9(2)13-8-12(16(20)21-3)15(22-13)18-14(19)10-5-4-6-11(17)7-10/h4-9H,1-3H3,(H,18,19). The van der Waals surface area contributed by atoms with Crippen LogP contribution >= 0.6 is 33.9 Å². The molecule has 22 heavy (non-hydrogen) atoms. The van der Waals surface area contributed by atoms with Crippen LogP contribution in [-0.4, -0.2) is 19.0 Å². The number of rotatable bonds is 4. The number of nitrogens with one attached hydrogen (secondary N) is 1. The van der Waals surface area contributed by atoms with Gasteiger partial charge in [-0.3, -0.25) is 4.79 Å². The Morgan fingerprint density at radius 1 is 1.27 bits per heavy atom. The minimum Gasteiger partial charge on any atom is -0.465 e. The van der Waals surface area contributed by atoms with Crippen molar-refractivity contribution >= 4 is 50.8 Å². The van der Waals surface area contributed by atoms with Crippen LogP contribution in [0.4, 0.5) is 5.00 Å². The van der Waals surface area contributed by atoms with Gasteiger partial charge in [0.2, 0.25) is 0 Å². The largest absolute Gasteiger partial charge is 0.465 e. The molecule has 2 aromatic rings. The van der Waals surface area contributed by atoms with Crippen molar-refractivity contribution in [1.29, 1.82) is 0 Å². The predicted molar refractivity (Wildman–Crippen MR) is 96.9 cm³/mol. The highest BCUT2D eigenvalue weighted by Gasteiger charge is 2.20. The second-order valence-electron chi connectivity index (χ2n) is 5.00. The lowest BCUT2D eigenvalue weighted by molar-refractivity contribution is 0.0602. The Morgan fingerprint density at radius 2 is 2.00 bits per heavy atom. The molecule has 0 fully saturated rings. The van der Waals surface area contributed by atoms with Gasteiger partial charge in [-0.2, -0.15) is 0 Å². The van der Waals surface area contributed by atoms with Crippen LogP contribution in [0.25, 0.3) is 0 Å². The van der Waals surface area contributed by atoms with Crippen LogP contribution < -0.4 is 5.32 Å². The summed E-state index contributed by atoms with van der Waals surface area (Å²) in [7, 11) is 1.33. The van der Waals surface area contributed by atoms with Gasteiger partial charge >= 0.3 is 5.97 Å². The molecule has 0 saturated heterocycles. The molecule has 0 saturated carbocycles. The summed E-state index contributed by atoms with van der Waals surface area (Å²) in [6.07, 6.45) is 0. The SMILES string of the molecule is COC(=O)c1cc(C(C)C)sc1NC(=O)c1cccc(I)c1. The highest BCUT2D eigenvalue weighted by atomic mass is 127. The number of carbonyl (C=O) groups is 2. The Hall–Kier alpha value is -1.41. The van der Waals surface area contributed by atoms with E-state index in [1.165, 1.54) is 18.4 Å². The Morgan fingerprint density at radius 3 is 2.59 bits per heavy atom. The van der Waals surface area contributed by atoms with Gasteiger partial charge in [0.15, 0.2) is 0 Å². The van der Waals surface area contributed by atoms with E-state index in [1.54, 1.807) is 18.2 Å². The van der Waals surface area contributed by atoms with Crippen molar-refractivity contribution < 1.29 is 14.3 Å². The molecule has 0 aliphatic rings. The first-order chi connectivity index (χ1) is 10.4. The van der Waals surface area contributed by atoms with Crippen molar-refractivity contribution in [3.05, 3.63) is 49.9 Å². The van der Waals surface area contributed by atoms with E-state index in [1.807, 2.05) is 26.0 Å². The van der Waals surface area contributed by atoms with Crippen molar-refractivity contribution in [3.63, 3.8) is 0 Å². The number of halogens is 1. The lowest BCUT2D eigenvalue weighted by Crippen LogP contribution is -2.13. The van der Waals surface area contributed by atoms with Gasteiger partial charge in [0.05, 0.1) is 12.7 Å². The number of ether oxygens (including phenoxy) is 1. The summed E-state index contributed by atoms with van der Waals surface area (Å²) < 4.78 is 5.77. The zero-order chi connectivity index (χ0) is 16.3. The highest BCUT2D eigenvalue weighted by molar-refractivity contribution is 14.1. The molecule has 1 N–H and O–H groups in total. The summed E-state index contributed by atoms with van der Waals surface area (Å²) in [5, 5.41) is 3.35. The fourth-order valence-corrected chi connectivity index (χ4v) is 3.44. The van der Waals surface area contributed by atoms with Crippen molar-refractivity contribution in [1.82, 2.24) is 0 Å². The fraction of sp³-hybridized carbons (Fsp3) is 0.250. The van der Waals surface area contributed by atoms with Crippen LogP contribution in [0.3, 0.4) is 0 Å². The Labute approximate surface area is 147 Å². The van der Waals surface area contributed by atoms with Crippen LogP contribution in [0.5, 0.6) is 0 Å². The number of esters is 1. The maximum absolute atomic E-state index is 12.3. The average Bonchev–Trinajstić information content (AvgIpc) is 2.90. The average molecular weight is 429 g/mol. The first kappa shape index (κ1) is 17.0. The normalized spacial score (nSPS) is 10.6. The first-order valence-corrected chi connectivity index (χ1v) is 8.61. The molecular formula is C16H16INO3S. The Balaban J connectivity index is 2.31. The van der Waals surface area contributed by atoms with E-state index in [9.17, 15) is 9.59 Å². The fourth-order valence-electron chi connectivity index (χ4n) is 1.85. The van der Waals surface area contributed by atoms with Crippen LogP contribution in [0.1, 0.15) is 45.4 Å². The van der Waals surface area contributed by atoms with Gasteiger partial charge in [0, 0.05) is 14.0 Å². The number of amides is 1. The van der Waals surface area contributed by atoms with Crippen LogP contribution in [0.2, 0.25) is 0 Å². The molecule has 1 aromatic carbocycles. The van der Waals surface area contributed by atoms with Crippen molar-refractivity contribution in [2.75, 3.05) is 12.4 Å². The second kappa shape index (κ2) is 7.23. The van der Waals surface area contributed by atoms with Crippen LogP contribution in [0, 0.1) is 3.57 Å². The van der Waals surface area contributed by atoms with Crippen LogP contribution in [0.15, 0.2) is 30.3 Å². The van der Waals surface area contributed by atoms with E-state index in [-0.39, 0.29) is 11.8 Å². The predicted octanol–water partition coefficient (Wildman–Crippen LogP) is 4.52. The molecule has 0 aliphatic heterocycles. The number of anilines is 1. The molecule has 2 rings (SSSR count). The summed E-state index contributed by atoms with van der Waals surface area (Å²) in [5.74, 6) is -0.404. The molecule has 0 unspecified atom stereocenters. The summed E-state index contributed by atoms with van der Waals surface area (Å²) in [4.78, 5) is 25.2. The molecule has 116 valence electrons. The summed E-state index contributed by atoms with van der Waals surface area (Å²) in [5.41, 5.74) is 0.956. The van der Waals surface area contributed by atoms with Gasteiger partial charge in [-0.25, -0.2) is 4.79 Å². The number of carbonyl (C=O) groups excluding carboxylic acids is 2. The number of benzene rings is 1. The summed E-state index contributed by atoms with van der Waals surface area (Å²) in [6, 6.07) is 9.06. The number of hydrogen-bond donors (Lipinski definition) is 1. The van der Waals surface area contributed by atoms with Gasteiger partial charge in [-0.15, -0.1) is 11.3 Å². The molecular weight excluding hydrogens is 413 g/mol. The molecule has 0 atom stereocenters. The molecule has 0 bridgehead atoms. The number of thiophene rings is 1. The molecule has 0 radical (unpaired) electrons. The topological polar surface area (TPSA) is 55.4 Å². The number of methoxy groups -OCH3 is 1. The molecule has 1 amide bonds. The van der Waals surface area contributed by atoms with Gasteiger partial charge < -0.3 is 10.1 Å². The van der Waals surface area contributed by atoms with E-state index in [4.69, 9.17) is 4.74 Å². The smallest absolute Gasteiger partial charge is 0.340 e. The minimum absolute atomic E-state index is 0.235. The second-order valence-corrected chi connectivity index (χ2v) is 7.33. The molecule has 6 heteroatoms. The monoisotopic (exact) mass is 429 g/mol. The van der Waals surface area contributed by atoms with Gasteiger partial charge in [-0.05, 0) is 52.8 Å². The molecule has 4 nitrogen and oxygen atoms in total. The van der Waals surface area contributed by atoms with Crippen molar-refractivity contribution in [3.8, 4) is 0 Å². The number of hydrogen-bond acceptors (Lipinski definition) is 4. The Bertz CT molecular complexity index is 709. The highest BCUT2D eigenvalue weighted by Crippen LogP contribution is 2.33. The zero-order valence-corrected chi connectivity index (χ0v) is 15.4. The first-order valence-electron chi connectivity index (χ1n) is 6.71. The van der Waals surface area contributed by atoms with Crippen molar-refractivity contribution in [2.24, 2.45) is 0 Å². The van der Waals surface area contributed by atoms with Crippen molar-refractivity contribution in [2.45, 2.75) is 19.8 Å². The molecule has 0 aliphatic carbocycles. The maximum Gasteiger partial charge on any atom is 0.340 e. The lowest BCUT2D eigenvalue weighted by atomic mass is 10.1. The lowest BCUT2D eigenvalue weighted by Gasteiger charge is -2.05. The summed E-state index contributed by atoms with van der Waals surface area (Å²) in [6.45, 7) is 4.08. The third-order valence-electron chi connectivity index (χ3n) is 3.04. The van der Waals surface area contributed by atoms with E-state index in [0.717, 1.165) is 8.45 Å². The van der Waals surface area contributed by atoms with E-state index in [0.29, 0.717) is 16.1 Å². The van der Waals surface area contributed by atoms with Gasteiger partial charge in [0.25, 0.3) is 5.91 Å². The molecule has 0 spiro atoms. The summed E-state index contributed by atoms with van der Waals surface area (Å²) >= 11 is 3.56. The van der Waals surface area contributed by atoms with E-state index >= 15 is 0 Å². The van der Waals surface area contributed by atoms with Crippen LogP contribution in [-0.2, 0) is 4.74 Å².